The van der Waals surface area contributed by atoms with E-state index in [1.165, 1.54) is 22.6 Å². The van der Waals surface area contributed by atoms with Crippen molar-refractivity contribution in [3.63, 3.8) is 0 Å². The summed E-state index contributed by atoms with van der Waals surface area (Å²) in [5, 5.41) is 29.5. The summed E-state index contributed by atoms with van der Waals surface area (Å²) in [6, 6.07) is 17.2. The third-order valence-electron chi connectivity index (χ3n) is 13.5. The molecule has 0 aliphatic carbocycles. The number of aryl methyl sites for hydroxylation is 2. The van der Waals surface area contributed by atoms with Gasteiger partial charge in [-0.05, 0) is 98.5 Å². The molecule has 0 fully saturated rings. The topological polar surface area (TPSA) is 177 Å². The molecule has 370 valence electrons. The van der Waals surface area contributed by atoms with Gasteiger partial charge in [0, 0.05) is 101 Å². The molecule has 10 rings (SSSR count). The van der Waals surface area contributed by atoms with Crippen molar-refractivity contribution in [2.75, 3.05) is 50.2 Å². The molecule has 19 heteroatoms. The van der Waals surface area contributed by atoms with Crippen molar-refractivity contribution in [1.82, 2.24) is 48.5 Å². The molecule has 71 heavy (non-hydrogen) atoms. The molecule has 0 saturated heterocycles. The van der Waals surface area contributed by atoms with E-state index in [0.717, 1.165) is 42.1 Å². The summed E-state index contributed by atoms with van der Waals surface area (Å²) in [6.07, 6.45) is 9.80. The first kappa shape index (κ1) is 48.6. The van der Waals surface area contributed by atoms with Gasteiger partial charge in [-0.15, -0.1) is 0 Å². The molecule has 4 aromatic heterocycles. The van der Waals surface area contributed by atoms with E-state index < -0.39 is 5.82 Å². The van der Waals surface area contributed by atoms with Crippen LogP contribution in [-0.4, -0.2) is 111 Å². The van der Waals surface area contributed by atoms with Crippen LogP contribution >= 0.6 is 0 Å². The molecular weight excluding hydrogens is 908 g/mol. The van der Waals surface area contributed by atoms with Crippen LogP contribution in [0.25, 0.3) is 33.2 Å². The van der Waals surface area contributed by atoms with Crippen molar-refractivity contribution in [3.8, 4) is 22.9 Å². The molecule has 0 atom stereocenters. The first-order valence-electron chi connectivity index (χ1n) is 23.6. The highest BCUT2D eigenvalue weighted by Crippen LogP contribution is 2.42. The van der Waals surface area contributed by atoms with Crippen LogP contribution in [0, 0.1) is 5.82 Å². The largest absolute Gasteiger partial charge is 0.497 e. The average Bonchev–Trinajstić information content (AvgIpc) is 3.88. The highest BCUT2D eigenvalue weighted by atomic mass is 19.1. The molecule has 2 aliphatic rings. The van der Waals surface area contributed by atoms with E-state index in [4.69, 9.17) is 9.47 Å². The number of hydrogen-bond donors (Lipinski definition) is 2. The third-order valence-corrected chi connectivity index (χ3v) is 13.5. The van der Waals surface area contributed by atoms with Crippen LogP contribution in [0.5, 0.6) is 11.5 Å². The van der Waals surface area contributed by atoms with Gasteiger partial charge in [-0.25, -0.2) is 14.4 Å². The minimum atomic E-state index is -0.491. The van der Waals surface area contributed by atoms with E-state index in [9.17, 15) is 19.8 Å². The lowest BCUT2D eigenvalue weighted by molar-refractivity contribution is 0.220. The highest BCUT2D eigenvalue weighted by Gasteiger charge is 2.31. The van der Waals surface area contributed by atoms with E-state index in [2.05, 4.69) is 62.6 Å². The molecule has 2 N–H and O–H groups in total. The van der Waals surface area contributed by atoms with Crippen LogP contribution in [0.15, 0.2) is 102 Å². The number of benzene rings is 4. The summed E-state index contributed by atoms with van der Waals surface area (Å²) in [4.78, 5) is 44.5. The Hall–Kier alpha value is -7.45. The van der Waals surface area contributed by atoms with Crippen molar-refractivity contribution in [2.24, 2.45) is 14.1 Å². The molecular formula is C52H59FN12O6. The summed E-state index contributed by atoms with van der Waals surface area (Å²) in [7, 11) is 6.64. The second-order valence-corrected chi connectivity index (χ2v) is 18.4. The Morgan fingerprint density at radius 2 is 1.14 bits per heavy atom. The predicted molar refractivity (Wildman–Crippen MR) is 271 cm³/mol. The number of nitrogens with zero attached hydrogens (tertiary/aromatic N) is 12. The zero-order valence-corrected chi connectivity index (χ0v) is 41.2. The zero-order valence-electron chi connectivity index (χ0n) is 41.2. The van der Waals surface area contributed by atoms with Gasteiger partial charge >= 0.3 is 0 Å². The molecule has 0 bridgehead atoms. The van der Waals surface area contributed by atoms with E-state index in [1.54, 1.807) is 72.8 Å². The van der Waals surface area contributed by atoms with E-state index in [1.807, 2.05) is 48.3 Å². The van der Waals surface area contributed by atoms with E-state index in [0.29, 0.717) is 87.1 Å². The van der Waals surface area contributed by atoms with Crippen LogP contribution in [0.1, 0.15) is 49.9 Å². The Morgan fingerprint density at radius 1 is 0.634 bits per heavy atom. The fourth-order valence-electron chi connectivity index (χ4n) is 9.48. The third kappa shape index (κ3) is 9.36. The van der Waals surface area contributed by atoms with Gasteiger partial charge in [-0.2, -0.15) is 10.2 Å². The molecule has 4 aromatic carbocycles. The van der Waals surface area contributed by atoms with Crippen molar-refractivity contribution in [1.29, 1.82) is 0 Å². The summed E-state index contributed by atoms with van der Waals surface area (Å²) >= 11 is 0. The lowest BCUT2D eigenvalue weighted by Crippen LogP contribution is -2.34. The lowest BCUT2D eigenvalue weighted by atomic mass is 10.0. The number of hydrogen-bond acceptors (Lipinski definition) is 14. The Morgan fingerprint density at radius 3 is 1.62 bits per heavy atom. The molecule has 0 spiro atoms. The van der Waals surface area contributed by atoms with Crippen molar-refractivity contribution in [2.45, 2.75) is 66.1 Å². The number of aliphatic hydroxyl groups excluding tert-OH is 2. The molecule has 0 radical (unpaired) electrons. The molecule has 0 saturated carbocycles. The maximum atomic E-state index is 15.8. The number of fused-ring (bicyclic) bond motifs is 4. The smallest absolute Gasteiger partial charge is 0.265 e. The Labute approximate surface area is 409 Å². The number of rotatable bonds is 10. The van der Waals surface area contributed by atoms with Gasteiger partial charge in [0.15, 0.2) is 11.6 Å². The molecule has 0 unspecified atom stereocenters. The fourth-order valence-corrected chi connectivity index (χ4v) is 9.48. The van der Waals surface area contributed by atoms with Gasteiger partial charge in [0.25, 0.3) is 11.1 Å². The number of aromatic nitrogens is 8. The monoisotopic (exact) mass is 966 g/mol. The zero-order chi connectivity index (χ0) is 50.2. The summed E-state index contributed by atoms with van der Waals surface area (Å²) < 4.78 is 32.9. The maximum absolute atomic E-state index is 15.8. The quantitative estimate of drug-likeness (QED) is 0.161. The first-order chi connectivity index (χ1) is 34.2. The number of aliphatic hydroxyl groups is 2. The Kier molecular flexibility index (Phi) is 13.8. The van der Waals surface area contributed by atoms with Gasteiger partial charge in [0.05, 0.1) is 78.7 Å². The fraction of sp³-hybridized carbons (Fsp3) is 0.346. The minimum absolute atomic E-state index is 0.0715. The van der Waals surface area contributed by atoms with Crippen LogP contribution in [-0.2, 0) is 40.4 Å². The van der Waals surface area contributed by atoms with Crippen molar-refractivity contribution in [3.05, 3.63) is 141 Å². The van der Waals surface area contributed by atoms with Gasteiger partial charge in [0.1, 0.15) is 18.4 Å². The van der Waals surface area contributed by atoms with E-state index in [-0.39, 0.29) is 36.1 Å². The average molecular weight is 967 g/mol. The normalized spacial score (nSPS) is 14.4. The predicted octanol–water partition coefficient (Wildman–Crippen LogP) is 6.10. The Balaban J connectivity index is 0.000000176. The molecule has 8 aromatic rings. The number of ether oxygens (including phenoxy) is 2. The van der Waals surface area contributed by atoms with Gasteiger partial charge in [0.2, 0.25) is 0 Å². The SMILES string of the molecule is COc1cc(CO)c2c(c1)N(c1ccc3ncn(-c4cnn(C)c4)c(=O)c3c1)CCN(C(C)C)C2.COc1cc(CO)c2c(c1F)N(c1ccc3ncn(-c4cnn(C)c4)c(=O)c3c1)CCN(C(C)C)C2. The van der Waals surface area contributed by atoms with Crippen LogP contribution in [0.4, 0.5) is 27.1 Å². The second kappa shape index (κ2) is 20.1. The minimum Gasteiger partial charge on any atom is -0.497 e. The molecule has 2 aliphatic heterocycles. The van der Waals surface area contributed by atoms with Crippen molar-refractivity contribution < 1.29 is 24.1 Å². The number of methoxy groups -OCH3 is 2. The van der Waals surface area contributed by atoms with Crippen molar-refractivity contribution >= 4 is 44.6 Å². The van der Waals surface area contributed by atoms with E-state index >= 15 is 4.39 Å². The van der Waals surface area contributed by atoms with Gasteiger partial charge in [-0.1, -0.05) is 0 Å². The molecule has 0 amide bonds. The lowest BCUT2D eigenvalue weighted by Gasteiger charge is -2.27. The highest BCUT2D eigenvalue weighted by molar-refractivity contribution is 5.85. The summed E-state index contributed by atoms with van der Waals surface area (Å²) in [5.74, 6) is 0.272. The molecule has 18 nitrogen and oxygen atoms in total. The van der Waals surface area contributed by atoms with Crippen LogP contribution in [0.2, 0.25) is 0 Å². The van der Waals surface area contributed by atoms with Crippen LogP contribution in [0.3, 0.4) is 0 Å². The van der Waals surface area contributed by atoms with Gasteiger partial charge < -0.3 is 29.5 Å². The standard InChI is InChI=1S/C26H29FN6O3.C26H30N6O3/c1-16(2)31-7-8-32(25-21(13-31)17(14-34)9-23(36-4)24(25)27)18-5-6-22-20(10-18)26(35)33(15-28-22)19-11-29-30(3)12-19;1-17(2)30-7-8-31(25-11-21(35-4)9-18(15-33)23(25)14-30)19-5-6-24-22(10-19)26(34)32(16-27-24)20-12-28-29(3)13-20/h5-6,9-12,15-16,34H,7-8,13-14H2,1-4H3;5-6,9-13,16-17,33H,7-8,14-15H2,1-4H3. The maximum Gasteiger partial charge on any atom is 0.265 e. The second-order valence-electron chi connectivity index (χ2n) is 18.4. The summed E-state index contributed by atoms with van der Waals surface area (Å²) in [6.45, 7) is 12.2. The number of halogens is 1. The summed E-state index contributed by atoms with van der Waals surface area (Å²) in [5.41, 5.74) is 8.20. The van der Waals surface area contributed by atoms with Crippen LogP contribution < -0.4 is 30.4 Å². The van der Waals surface area contributed by atoms with Gasteiger partial charge in [-0.3, -0.25) is 37.9 Å². The first-order valence-corrected chi connectivity index (χ1v) is 23.6. The number of anilines is 4. The Bertz CT molecular complexity index is 3380. The molecule has 6 heterocycles.